The van der Waals surface area contributed by atoms with Crippen LogP contribution >= 0.6 is 0 Å². The van der Waals surface area contributed by atoms with Gasteiger partial charge in [0.1, 0.15) is 5.39 Å². The number of fused-ring (bicyclic) bond motifs is 1. The van der Waals surface area contributed by atoms with Crippen LogP contribution in [0.1, 0.15) is 6.92 Å². The lowest BCUT2D eigenvalue weighted by atomic mass is 10.2. The highest BCUT2D eigenvalue weighted by atomic mass is 16.3. The third-order valence-corrected chi connectivity index (χ3v) is 2.54. The minimum atomic E-state index is -0.113. The Balaban J connectivity index is 2.49. The Labute approximate surface area is 92.2 Å². The third-order valence-electron chi connectivity index (χ3n) is 2.54. The number of aliphatic hydroxyl groups excluding tert-OH is 1. The van der Waals surface area contributed by atoms with Crippen molar-refractivity contribution in [2.45, 2.75) is 13.5 Å². The summed E-state index contributed by atoms with van der Waals surface area (Å²) >= 11 is 0. The van der Waals surface area contributed by atoms with E-state index in [-0.39, 0.29) is 18.1 Å². The molecule has 0 radical (unpaired) electrons. The lowest BCUT2D eigenvalue weighted by molar-refractivity contribution is 0.221. The Kier molecular flexibility index (Phi) is 2.74. The summed E-state index contributed by atoms with van der Waals surface area (Å²) in [6.45, 7) is 2.39. The summed E-state index contributed by atoms with van der Waals surface area (Å²) in [4.78, 5) is 16.2. The van der Waals surface area contributed by atoms with Crippen LogP contribution in [-0.2, 0) is 13.6 Å². The van der Waals surface area contributed by atoms with Gasteiger partial charge in [-0.1, -0.05) is 6.92 Å². The van der Waals surface area contributed by atoms with E-state index in [0.29, 0.717) is 17.6 Å². The lowest BCUT2D eigenvalue weighted by Gasteiger charge is -2.09. The minimum Gasteiger partial charge on any atom is -0.396 e. The van der Waals surface area contributed by atoms with E-state index < -0.39 is 0 Å². The molecule has 0 saturated carbocycles. The molecule has 2 aromatic heterocycles. The van der Waals surface area contributed by atoms with Gasteiger partial charge in [0.05, 0.1) is 12.5 Å². The molecule has 2 aromatic rings. The molecule has 2 rings (SSSR count). The van der Waals surface area contributed by atoms with E-state index in [1.54, 1.807) is 11.7 Å². The summed E-state index contributed by atoms with van der Waals surface area (Å²) in [6.07, 6.45) is 3.02. The summed E-state index contributed by atoms with van der Waals surface area (Å²) in [6, 6.07) is 0. The van der Waals surface area contributed by atoms with Crippen LogP contribution in [0.15, 0.2) is 17.3 Å². The van der Waals surface area contributed by atoms with Crippen molar-refractivity contribution in [3.8, 4) is 0 Å². The molecule has 0 aliphatic heterocycles. The Morgan fingerprint density at radius 1 is 1.56 bits per heavy atom. The van der Waals surface area contributed by atoms with E-state index in [1.165, 1.54) is 17.1 Å². The SMILES string of the molecule is CC(CO)Cn1cnc2c(cnn2C)c1=O. The molecule has 0 aromatic carbocycles. The first-order chi connectivity index (χ1) is 7.63. The van der Waals surface area contributed by atoms with E-state index in [0.717, 1.165) is 0 Å². The first kappa shape index (κ1) is 10.8. The average Bonchev–Trinajstić information content (AvgIpc) is 2.65. The highest BCUT2D eigenvalue weighted by Gasteiger charge is 2.09. The van der Waals surface area contributed by atoms with Crippen molar-refractivity contribution in [3.05, 3.63) is 22.9 Å². The predicted molar refractivity (Wildman–Crippen MR) is 59.0 cm³/mol. The van der Waals surface area contributed by atoms with Gasteiger partial charge < -0.3 is 5.11 Å². The second-order valence-electron chi connectivity index (χ2n) is 4.00. The fourth-order valence-corrected chi connectivity index (χ4v) is 1.59. The molecule has 0 aliphatic carbocycles. The highest BCUT2D eigenvalue weighted by Crippen LogP contribution is 2.04. The molecule has 6 nitrogen and oxygen atoms in total. The van der Waals surface area contributed by atoms with Gasteiger partial charge in [0.15, 0.2) is 5.65 Å². The van der Waals surface area contributed by atoms with Crippen molar-refractivity contribution in [1.82, 2.24) is 19.3 Å². The molecule has 0 amide bonds. The number of aliphatic hydroxyl groups is 1. The monoisotopic (exact) mass is 222 g/mol. The summed E-state index contributed by atoms with van der Waals surface area (Å²) in [7, 11) is 1.75. The second kappa shape index (κ2) is 4.05. The maximum atomic E-state index is 12.0. The van der Waals surface area contributed by atoms with Crippen molar-refractivity contribution < 1.29 is 5.11 Å². The molecule has 1 N–H and O–H groups in total. The Morgan fingerprint density at radius 3 is 3.00 bits per heavy atom. The number of hydrogen-bond acceptors (Lipinski definition) is 4. The van der Waals surface area contributed by atoms with E-state index in [9.17, 15) is 4.79 Å². The van der Waals surface area contributed by atoms with E-state index in [4.69, 9.17) is 5.11 Å². The van der Waals surface area contributed by atoms with Crippen molar-refractivity contribution >= 4 is 11.0 Å². The Hall–Kier alpha value is -1.69. The van der Waals surface area contributed by atoms with Crippen molar-refractivity contribution in [2.75, 3.05) is 6.61 Å². The number of nitrogens with zero attached hydrogens (tertiary/aromatic N) is 4. The summed E-state index contributed by atoms with van der Waals surface area (Å²) < 4.78 is 3.07. The maximum Gasteiger partial charge on any atom is 0.264 e. The second-order valence-corrected chi connectivity index (χ2v) is 4.00. The van der Waals surface area contributed by atoms with E-state index >= 15 is 0 Å². The van der Waals surface area contributed by atoms with Gasteiger partial charge in [0.2, 0.25) is 0 Å². The largest absolute Gasteiger partial charge is 0.396 e. The van der Waals surface area contributed by atoms with Gasteiger partial charge >= 0.3 is 0 Å². The molecule has 6 heteroatoms. The fraction of sp³-hybridized carbons (Fsp3) is 0.500. The van der Waals surface area contributed by atoms with Crippen LogP contribution in [0.5, 0.6) is 0 Å². The summed E-state index contributed by atoms with van der Waals surface area (Å²) in [5.41, 5.74) is 0.469. The van der Waals surface area contributed by atoms with Gasteiger partial charge in [0.25, 0.3) is 5.56 Å². The summed E-state index contributed by atoms with van der Waals surface area (Å²) in [5, 5.41) is 13.4. The zero-order chi connectivity index (χ0) is 11.7. The zero-order valence-electron chi connectivity index (χ0n) is 9.29. The van der Waals surface area contributed by atoms with Crippen molar-refractivity contribution in [3.63, 3.8) is 0 Å². The van der Waals surface area contributed by atoms with Crippen LogP contribution < -0.4 is 5.56 Å². The predicted octanol–water partition coefficient (Wildman–Crippen LogP) is -0.242. The smallest absolute Gasteiger partial charge is 0.264 e. The molecule has 86 valence electrons. The quantitative estimate of drug-likeness (QED) is 0.777. The highest BCUT2D eigenvalue weighted by molar-refractivity contribution is 5.72. The van der Waals surface area contributed by atoms with E-state index in [2.05, 4.69) is 10.1 Å². The molecule has 16 heavy (non-hydrogen) atoms. The maximum absolute atomic E-state index is 12.0. The molecule has 0 saturated heterocycles. The molecule has 0 spiro atoms. The van der Waals surface area contributed by atoms with Gasteiger partial charge in [-0.25, -0.2) is 4.98 Å². The third kappa shape index (κ3) is 1.71. The molecular weight excluding hydrogens is 208 g/mol. The van der Waals surface area contributed by atoms with Crippen LogP contribution in [0.25, 0.3) is 11.0 Å². The van der Waals surface area contributed by atoms with Gasteiger partial charge in [-0.05, 0) is 5.92 Å². The van der Waals surface area contributed by atoms with Crippen LogP contribution in [0.3, 0.4) is 0 Å². The van der Waals surface area contributed by atoms with Gasteiger partial charge in [-0.15, -0.1) is 0 Å². The Morgan fingerprint density at radius 2 is 2.31 bits per heavy atom. The lowest BCUT2D eigenvalue weighted by Crippen LogP contribution is -2.24. The molecule has 0 aliphatic rings. The van der Waals surface area contributed by atoms with Gasteiger partial charge in [-0.3, -0.25) is 14.0 Å². The number of aryl methyl sites for hydroxylation is 1. The van der Waals surface area contributed by atoms with Gasteiger partial charge in [0, 0.05) is 20.2 Å². The number of hydrogen-bond donors (Lipinski definition) is 1. The topological polar surface area (TPSA) is 72.9 Å². The first-order valence-electron chi connectivity index (χ1n) is 5.11. The van der Waals surface area contributed by atoms with Crippen LogP contribution in [0.2, 0.25) is 0 Å². The van der Waals surface area contributed by atoms with Gasteiger partial charge in [-0.2, -0.15) is 5.10 Å². The number of aromatic nitrogens is 4. The fourth-order valence-electron chi connectivity index (χ4n) is 1.59. The standard InChI is InChI=1S/C10H14N4O2/c1-7(5-15)4-14-6-11-9-8(10(14)16)3-12-13(9)2/h3,6-7,15H,4-5H2,1-2H3. The Bertz CT molecular complexity index is 557. The first-order valence-corrected chi connectivity index (χ1v) is 5.11. The van der Waals surface area contributed by atoms with Crippen LogP contribution in [-0.4, -0.2) is 31.0 Å². The minimum absolute atomic E-state index is 0.0358. The molecular formula is C10H14N4O2. The molecule has 0 fully saturated rings. The molecule has 2 heterocycles. The number of rotatable bonds is 3. The molecule has 1 unspecified atom stereocenters. The molecule has 0 bridgehead atoms. The molecule has 1 atom stereocenters. The summed E-state index contributed by atoms with van der Waals surface area (Å²) in [5.74, 6) is 0.0358. The normalized spacial score (nSPS) is 13.2. The van der Waals surface area contributed by atoms with Crippen LogP contribution in [0, 0.1) is 5.92 Å². The van der Waals surface area contributed by atoms with E-state index in [1.807, 2.05) is 6.92 Å². The zero-order valence-corrected chi connectivity index (χ0v) is 9.29. The van der Waals surface area contributed by atoms with Crippen molar-refractivity contribution in [1.29, 1.82) is 0 Å². The van der Waals surface area contributed by atoms with Crippen LogP contribution in [0.4, 0.5) is 0 Å². The average molecular weight is 222 g/mol. The van der Waals surface area contributed by atoms with Crippen molar-refractivity contribution in [2.24, 2.45) is 13.0 Å².